The number of hydrogen-bond donors (Lipinski definition) is 2. The third-order valence-electron chi connectivity index (χ3n) is 1.30. The van der Waals surface area contributed by atoms with Gasteiger partial charge in [-0.2, -0.15) is 0 Å². The normalized spacial score (nSPS) is 12.0. The van der Waals surface area contributed by atoms with Gasteiger partial charge in [0.15, 0.2) is 11.6 Å². The first-order valence-electron chi connectivity index (χ1n) is 3.70. The summed E-state index contributed by atoms with van der Waals surface area (Å²) in [5.74, 6) is -0.236. The highest BCUT2D eigenvalue weighted by atomic mass is 16.1. The molecule has 66 valence electrons. The molecule has 0 heterocycles. The topological polar surface area (TPSA) is 79.3 Å². The summed E-state index contributed by atoms with van der Waals surface area (Å²) in [4.78, 5) is 14.8. The van der Waals surface area contributed by atoms with Crippen LogP contribution >= 0.6 is 0 Å². The van der Waals surface area contributed by atoms with Crippen molar-refractivity contribution >= 4 is 17.8 Å². The second kappa shape index (κ2) is 5.23. The molecule has 0 fully saturated rings. The van der Waals surface area contributed by atoms with Crippen LogP contribution in [0.5, 0.6) is 0 Å². The van der Waals surface area contributed by atoms with E-state index in [2.05, 4.69) is 4.99 Å². The molecule has 0 saturated carbocycles. The molecule has 0 amide bonds. The number of amidine groups is 1. The first-order chi connectivity index (χ1) is 5.67. The molecular weight excluding hydrogens is 154 g/mol. The number of rotatable bonds is 3. The van der Waals surface area contributed by atoms with Crippen LogP contribution in [0.2, 0.25) is 0 Å². The fourth-order valence-electron chi connectivity index (χ4n) is 0.693. The zero-order valence-electron chi connectivity index (χ0n) is 7.29. The summed E-state index contributed by atoms with van der Waals surface area (Å²) in [5, 5.41) is 7.31. The molecule has 0 atom stereocenters. The van der Waals surface area contributed by atoms with Gasteiger partial charge in [0.2, 0.25) is 0 Å². The van der Waals surface area contributed by atoms with Crippen LogP contribution < -0.4 is 5.73 Å². The van der Waals surface area contributed by atoms with Gasteiger partial charge in [0.05, 0.1) is 5.57 Å². The van der Waals surface area contributed by atoms with Crippen LogP contribution in [0.4, 0.5) is 0 Å². The van der Waals surface area contributed by atoms with Crippen molar-refractivity contribution in [2.45, 2.75) is 20.3 Å². The van der Waals surface area contributed by atoms with Crippen LogP contribution in [0.15, 0.2) is 16.8 Å². The zero-order valence-corrected chi connectivity index (χ0v) is 7.29. The third-order valence-corrected chi connectivity index (χ3v) is 1.30. The van der Waals surface area contributed by atoms with Gasteiger partial charge in [-0.05, 0) is 6.92 Å². The Morgan fingerprint density at radius 3 is 2.58 bits per heavy atom. The highest BCUT2D eigenvalue weighted by Crippen LogP contribution is 2.00. The molecule has 0 aliphatic carbocycles. The standard InChI is InChI=1S/C8H13N3O/c1-3-7(12)6(5-9)8(10)11-4-2/h4-5,10H,3,9H2,1-2H3/b6-5-,10-8?,11-4?. The highest BCUT2D eigenvalue weighted by molar-refractivity contribution is 6.21. The number of nitrogens with two attached hydrogens (primary N) is 1. The van der Waals surface area contributed by atoms with E-state index in [9.17, 15) is 4.79 Å². The van der Waals surface area contributed by atoms with E-state index in [-0.39, 0.29) is 17.2 Å². The molecule has 3 N–H and O–H groups in total. The number of ketones is 1. The lowest BCUT2D eigenvalue weighted by Crippen LogP contribution is -2.11. The van der Waals surface area contributed by atoms with Crippen molar-refractivity contribution in [3.8, 4) is 0 Å². The SMILES string of the molecule is CC=NC(=N)/C(=C\N)C(=O)CC. The summed E-state index contributed by atoms with van der Waals surface area (Å²) in [5.41, 5.74) is 5.36. The Labute approximate surface area is 71.7 Å². The van der Waals surface area contributed by atoms with Crippen LogP contribution in [0, 0.1) is 5.41 Å². The Bertz CT molecular complexity index is 241. The Morgan fingerprint density at radius 1 is 1.67 bits per heavy atom. The fraction of sp³-hybridized carbons (Fsp3) is 0.375. The minimum absolute atomic E-state index is 0.0770. The van der Waals surface area contributed by atoms with Crippen LogP contribution in [0.3, 0.4) is 0 Å². The molecule has 0 aliphatic rings. The monoisotopic (exact) mass is 167 g/mol. The van der Waals surface area contributed by atoms with Gasteiger partial charge in [-0.15, -0.1) is 0 Å². The van der Waals surface area contributed by atoms with Crippen LogP contribution in [-0.2, 0) is 4.79 Å². The first kappa shape index (κ1) is 10.6. The highest BCUT2D eigenvalue weighted by Gasteiger charge is 2.10. The van der Waals surface area contributed by atoms with E-state index >= 15 is 0 Å². The smallest absolute Gasteiger partial charge is 0.167 e. The van der Waals surface area contributed by atoms with Gasteiger partial charge in [-0.1, -0.05) is 6.92 Å². The second-order valence-corrected chi connectivity index (χ2v) is 2.09. The van der Waals surface area contributed by atoms with Crippen molar-refractivity contribution in [2.75, 3.05) is 0 Å². The number of nitrogens with zero attached hydrogens (tertiary/aromatic N) is 1. The Hall–Kier alpha value is -1.45. The van der Waals surface area contributed by atoms with Gasteiger partial charge >= 0.3 is 0 Å². The molecule has 0 spiro atoms. The minimum atomic E-state index is -0.159. The number of nitrogens with one attached hydrogen (secondary N) is 1. The first-order valence-corrected chi connectivity index (χ1v) is 3.70. The molecule has 0 bridgehead atoms. The molecule has 12 heavy (non-hydrogen) atoms. The maximum Gasteiger partial charge on any atom is 0.167 e. The van der Waals surface area contributed by atoms with E-state index in [4.69, 9.17) is 11.1 Å². The fourth-order valence-corrected chi connectivity index (χ4v) is 0.693. The van der Waals surface area contributed by atoms with E-state index in [1.54, 1.807) is 13.8 Å². The summed E-state index contributed by atoms with van der Waals surface area (Å²) in [6, 6.07) is 0. The van der Waals surface area contributed by atoms with Crippen molar-refractivity contribution in [1.82, 2.24) is 0 Å². The number of carbonyl (C=O) groups is 1. The lowest BCUT2D eigenvalue weighted by molar-refractivity contribution is -0.114. The minimum Gasteiger partial charge on any atom is -0.404 e. The number of carbonyl (C=O) groups excluding carboxylic acids is 1. The van der Waals surface area contributed by atoms with Crippen LogP contribution in [0.25, 0.3) is 0 Å². The van der Waals surface area contributed by atoms with Gasteiger partial charge in [0.25, 0.3) is 0 Å². The average molecular weight is 167 g/mol. The molecule has 0 aromatic carbocycles. The Balaban J connectivity index is 4.59. The number of Topliss-reactive ketones (excluding diaryl/α,β-unsaturated/α-hetero) is 1. The molecule has 0 aromatic heterocycles. The average Bonchev–Trinajstić information content (AvgIpc) is 2.06. The van der Waals surface area contributed by atoms with Crippen LogP contribution in [0.1, 0.15) is 20.3 Å². The molecule has 0 aliphatic heterocycles. The van der Waals surface area contributed by atoms with E-state index in [0.29, 0.717) is 6.42 Å². The summed E-state index contributed by atoms with van der Waals surface area (Å²) < 4.78 is 0. The predicted molar refractivity (Wildman–Crippen MR) is 49.5 cm³/mol. The molecular formula is C8H13N3O. The van der Waals surface area contributed by atoms with E-state index in [1.165, 1.54) is 6.21 Å². The quantitative estimate of drug-likeness (QED) is 0.371. The Morgan fingerprint density at radius 2 is 2.25 bits per heavy atom. The predicted octanol–water partition coefficient (Wildman–Crippen LogP) is 0.876. The molecule has 0 rings (SSSR count). The van der Waals surface area contributed by atoms with Crippen LogP contribution in [-0.4, -0.2) is 17.8 Å². The van der Waals surface area contributed by atoms with Gasteiger partial charge < -0.3 is 5.73 Å². The molecule has 4 heteroatoms. The third kappa shape index (κ3) is 2.65. The summed E-state index contributed by atoms with van der Waals surface area (Å²) in [6.45, 7) is 3.40. The second-order valence-electron chi connectivity index (χ2n) is 2.09. The Kier molecular flexibility index (Phi) is 4.60. The van der Waals surface area contributed by atoms with Gasteiger partial charge in [0, 0.05) is 18.8 Å². The van der Waals surface area contributed by atoms with E-state index in [1.807, 2.05) is 0 Å². The van der Waals surface area contributed by atoms with Gasteiger partial charge in [-0.3, -0.25) is 10.2 Å². The van der Waals surface area contributed by atoms with Gasteiger partial charge in [0.1, 0.15) is 0 Å². The molecule has 4 nitrogen and oxygen atoms in total. The lowest BCUT2D eigenvalue weighted by atomic mass is 10.1. The number of hydrogen-bond acceptors (Lipinski definition) is 3. The maximum absolute atomic E-state index is 11.1. The van der Waals surface area contributed by atoms with E-state index < -0.39 is 0 Å². The summed E-state index contributed by atoms with van der Waals surface area (Å²) >= 11 is 0. The molecule has 0 saturated heterocycles. The zero-order chi connectivity index (χ0) is 9.56. The molecule has 0 aromatic rings. The summed E-state index contributed by atoms with van der Waals surface area (Å²) in [6.07, 6.45) is 2.92. The van der Waals surface area contributed by atoms with Crippen molar-refractivity contribution in [2.24, 2.45) is 10.7 Å². The van der Waals surface area contributed by atoms with Gasteiger partial charge in [-0.25, -0.2) is 4.99 Å². The van der Waals surface area contributed by atoms with Crippen molar-refractivity contribution in [3.05, 3.63) is 11.8 Å². The van der Waals surface area contributed by atoms with Crippen molar-refractivity contribution < 1.29 is 4.79 Å². The van der Waals surface area contributed by atoms with Crippen molar-refractivity contribution in [1.29, 1.82) is 5.41 Å². The maximum atomic E-state index is 11.1. The molecule has 0 radical (unpaired) electrons. The van der Waals surface area contributed by atoms with Crippen molar-refractivity contribution in [3.63, 3.8) is 0 Å². The largest absolute Gasteiger partial charge is 0.404 e. The lowest BCUT2D eigenvalue weighted by Gasteiger charge is -1.99. The number of aliphatic imine (C=N–C) groups is 1. The van der Waals surface area contributed by atoms with E-state index in [0.717, 1.165) is 6.20 Å². The summed E-state index contributed by atoms with van der Waals surface area (Å²) in [7, 11) is 0. The molecule has 0 unspecified atom stereocenters.